The molecule has 1 atom stereocenters. The largest absolute Gasteiger partial charge is 0.355 e. The third-order valence-corrected chi connectivity index (χ3v) is 2.57. The third-order valence-electron chi connectivity index (χ3n) is 2.33. The van der Waals surface area contributed by atoms with Crippen molar-refractivity contribution < 1.29 is 4.79 Å². The van der Waals surface area contributed by atoms with Crippen LogP contribution in [0.25, 0.3) is 0 Å². The van der Waals surface area contributed by atoms with E-state index in [-0.39, 0.29) is 11.2 Å². The lowest BCUT2D eigenvalue weighted by Crippen LogP contribution is -2.31. The highest BCUT2D eigenvalue weighted by molar-refractivity contribution is 7.81. The summed E-state index contributed by atoms with van der Waals surface area (Å²) in [5.41, 5.74) is 2.55. The number of thiol groups is 1. The quantitative estimate of drug-likeness (QED) is 0.751. The van der Waals surface area contributed by atoms with E-state index in [4.69, 9.17) is 0 Å². The molecule has 0 saturated carbocycles. The van der Waals surface area contributed by atoms with Gasteiger partial charge in [-0.1, -0.05) is 24.3 Å². The second-order valence-electron chi connectivity index (χ2n) is 3.64. The van der Waals surface area contributed by atoms with Crippen LogP contribution >= 0.6 is 12.6 Å². The standard InChI is InChI=1S/C12H17NOS/c1-9-5-3-4-6-11(9)7-8-13-12(14)10(2)15/h3-6,10,15H,7-8H2,1-2H3,(H,13,14). The van der Waals surface area contributed by atoms with Crippen LogP contribution in [0.5, 0.6) is 0 Å². The van der Waals surface area contributed by atoms with Crippen LogP contribution in [0.3, 0.4) is 0 Å². The summed E-state index contributed by atoms with van der Waals surface area (Å²) >= 11 is 4.06. The third kappa shape index (κ3) is 3.96. The van der Waals surface area contributed by atoms with Crippen molar-refractivity contribution in [2.24, 2.45) is 0 Å². The summed E-state index contributed by atoms with van der Waals surface area (Å²) in [5, 5.41) is 2.61. The smallest absolute Gasteiger partial charge is 0.232 e. The van der Waals surface area contributed by atoms with Crippen molar-refractivity contribution in [1.82, 2.24) is 5.32 Å². The summed E-state index contributed by atoms with van der Waals surface area (Å²) in [6, 6.07) is 8.21. The minimum Gasteiger partial charge on any atom is -0.355 e. The molecule has 0 aromatic heterocycles. The molecule has 0 aliphatic rings. The normalized spacial score (nSPS) is 12.2. The molecule has 0 aliphatic carbocycles. The van der Waals surface area contributed by atoms with E-state index >= 15 is 0 Å². The van der Waals surface area contributed by atoms with Crippen LogP contribution in [-0.2, 0) is 11.2 Å². The Labute approximate surface area is 96.5 Å². The molecule has 0 aliphatic heterocycles. The van der Waals surface area contributed by atoms with E-state index in [0.29, 0.717) is 6.54 Å². The van der Waals surface area contributed by atoms with E-state index < -0.39 is 0 Å². The zero-order valence-corrected chi connectivity index (χ0v) is 10.1. The number of hydrogen-bond donors (Lipinski definition) is 2. The van der Waals surface area contributed by atoms with E-state index in [0.717, 1.165) is 6.42 Å². The maximum Gasteiger partial charge on any atom is 0.232 e. The molecule has 3 heteroatoms. The van der Waals surface area contributed by atoms with Crippen molar-refractivity contribution >= 4 is 18.5 Å². The first-order chi connectivity index (χ1) is 7.11. The second-order valence-corrected chi connectivity index (χ2v) is 4.42. The van der Waals surface area contributed by atoms with Gasteiger partial charge in [-0.05, 0) is 31.4 Å². The Kier molecular flexibility index (Phi) is 4.69. The van der Waals surface area contributed by atoms with Crippen molar-refractivity contribution in [3.05, 3.63) is 35.4 Å². The van der Waals surface area contributed by atoms with Crippen molar-refractivity contribution in [3.8, 4) is 0 Å². The molecule has 1 amide bonds. The molecule has 1 aromatic carbocycles. The van der Waals surface area contributed by atoms with Gasteiger partial charge in [0.25, 0.3) is 0 Å². The van der Waals surface area contributed by atoms with Gasteiger partial charge in [-0.2, -0.15) is 12.6 Å². The molecule has 0 bridgehead atoms. The van der Waals surface area contributed by atoms with E-state index in [1.54, 1.807) is 6.92 Å². The van der Waals surface area contributed by atoms with Gasteiger partial charge in [-0.3, -0.25) is 4.79 Å². The van der Waals surface area contributed by atoms with Crippen LogP contribution in [0.2, 0.25) is 0 Å². The number of carbonyl (C=O) groups is 1. The lowest BCUT2D eigenvalue weighted by atomic mass is 10.1. The molecule has 82 valence electrons. The Morgan fingerprint density at radius 2 is 2.13 bits per heavy atom. The Morgan fingerprint density at radius 1 is 1.47 bits per heavy atom. The summed E-state index contributed by atoms with van der Waals surface area (Å²) in [4.78, 5) is 11.2. The van der Waals surface area contributed by atoms with Gasteiger partial charge in [0.15, 0.2) is 0 Å². The van der Waals surface area contributed by atoms with Gasteiger partial charge < -0.3 is 5.32 Å². The second kappa shape index (κ2) is 5.81. The zero-order chi connectivity index (χ0) is 11.3. The highest BCUT2D eigenvalue weighted by atomic mass is 32.1. The summed E-state index contributed by atoms with van der Waals surface area (Å²) in [6.07, 6.45) is 0.874. The van der Waals surface area contributed by atoms with E-state index in [1.807, 2.05) is 12.1 Å². The first-order valence-corrected chi connectivity index (χ1v) is 5.63. The predicted molar refractivity (Wildman–Crippen MR) is 66.3 cm³/mol. The molecule has 1 unspecified atom stereocenters. The topological polar surface area (TPSA) is 29.1 Å². The Hall–Kier alpha value is -0.960. The first-order valence-electron chi connectivity index (χ1n) is 5.11. The molecule has 0 radical (unpaired) electrons. The summed E-state index contributed by atoms with van der Waals surface area (Å²) in [7, 11) is 0. The minimum atomic E-state index is -0.234. The van der Waals surface area contributed by atoms with Gasteiger partial charge in [0.1, 0.15) is 0 Å². The average molecular weight is 223 g/mol. The van der Waals surface area contributed by atoms with Crippen molar-refractivity contribution in [2.75, 3.05) is 6.54 Å². The highest BCUT2D eigenvalue weighted by Gasteiger charge is 2.06. The number of carbonyl (C=O) groups excluding carboxylic acids is 1. The number of rotatable bonds is 4. The summed E-state index contributed by atoms with van der Waals surface area (Å²) in [6.45, 7) is 4.53. The molecule has 1 rings (SSSR count). The SMILES string of the molecule is Cc1ccccc1CCNC(=O)C(C)S. The van der Waals surface area contributed by atoms with Crippen LogP contribution in [-0.4, -0.2) is 17.7 Å². The van der Waals surface area contributed by atoms with Crippen LogP contribution in [0, 0.1) is 6.92 Å². The fourth-order valence-corrected chi connectivity index (χ4v) is 1.45. The Bertz CT molecular complexity index is 336. The van der Waals surface area contributed by atoms with Gasteiger partial charge in [-0.15, -0.1) is 0 Å². The van der Waals surface area contributed by atoms with Gasteiger partial charge >= 0.3 is 0 Å². The first kappa shape index (κ1) is 12.1. The molecule has 0 heterocycles. The van der Waals surface area contributed by atoms with Crippen LogP contribution < -0.4 is 5.32 Å². The molecule has 0 spiro atoms. The van der Waals surface area contributed by atoms with Crippen LogP contribution in [0.1, 0.15) is 18.1 Å². The Morgan fingerprint density at radius 3 is 2.73 bits per heavy atom. The van der Waals surface area contributed by atoms with Crippen LogP contribution in [0.15, 0.2) is 24.3 Å². The van der Waals surface area contributed by atoms with Crippen molar-refractivity contribution in [2.45, 2.75) is 25.5 Å². The molecular weight excluding hydrogens is 206 g/mol. The number of nitrogens with one attached hydrogen (secondary N) is 1. The number of aryl methyl sites for hydroxylation is 1. The molecule has 1 aromatic rings. The molecule has 1 N–H and O–H groups in total. The summed E-state index contributed by atoms with van der Waals surface area (Å²) < 4.78 is 0. The highest BCUT2D eigenvalue weighted by Crippen LogP contribution is 2.06. The lowest BCUT2D eigenvalue weighted by molar-refractivity contribution is -0.120. The molecular formula is C12H17NOS. The molecule has 0 fully saturated rings. The lowest BCUT2D eigenvalue weighted by Gasteiger charge is -2.08. The molecule has 2 nitrogen and oxygen atoms in total. The fourth-order valence-electron chi connectivity index (χ4n) is 1.36. The Balaban J connectivity index is 2.38. The van der Waals surface area contributed by atoms with Crippen molar-refractivity contribution in [1.29, 1.82) is 0 Å². The average Bonchev–Trinajstić information content (AvgIpc) is 2.20. The van der Waals surface area contributed by atoms with Gasteiger partial charge in [0.05, 0.1) is 5.25 Å². The predicted octanol–water partition coefficient (Wildman–Crippen LogP) is 1.97. The minimum absolute atomic E-state index is 0.00748. The van der Waals surface area contributed by atoms with Gasteiger partial charge in [0, 0.05) is 6.54 Å². The van der Waals surface area contributed by atoms with Gasteiger partial charge in [-0.25, -0.2) is 0 Å². The monoisotopic (exact) mass is 223 g/mol. The van der Waals surface area contributed by atoms with E-state index in [9.17, 15) is 4.79 Å². The van der Waals surface area contributed by atoms with E-state index in [1.165, 1.54) is 11.1 Å². The fraction of sp³-hybridized carbons (Fsp3) is 0.417. The van der Waals surface area contributed by atoms with Gasteiger partial charge in [0.2, 0.25) is 5.91 Å². The maximum absolute atomic E-state index is 11.2. The van der Waals surface area contributed by atoms with E-state index in [2.05, 4.69) is 37.0 Å². The zero-order valence-electron chi connectivity index (χ0n) is 9.16. The number of hydrogen-bond acceptors (Lipinski definition) is 2. The number of amides is 1. The molecule has 0 saturated heterocycles. The molecule has 15 heavy (non-hydrogen) atoms. The maximum atomic E-state index is 11.2. The number of benzene rings is 1. The summed E-state index contributed by atoms with van der Waals surface area (Å²) in [5.74, 6) is -0.00748. The van der Waals surface area contributed by atoms with Crippen molar-refractivity contribution in [3.63, 3.8) is 0 Å². The van der Waals surface area contributed by atoms with Crippen LogP contribution in [0.4, 0.5) is 0 Å².